The maximum absolute atomic E-state index is 11.4. The summed E-state index contributed by atoms with van der Waals surface area (Å²) >= 11 is 0. The number of ether oxygens (including phenoxy) is 2. The molecule has 1 fully saturated rings. The van der Waals surface area contributed by atoms with Crippen molar-refractivity contribution in [1.82, 2.24) is 4.90 Å². The van der Waals surface area contributed by atoms with E-state index in [4.69, 9.17) is 15.2 Å². The summed E-state index contributed by atoms with van der Waals surface area (Å²) in [7, 11) is 3.44. The molecule has 1 aliphatic rings. The Kier molecular flexibility index (Phi) is 5.36. The first-order valence-electron chi connectivity index (χ1n) is 6.12. The molecule has 0 saturated carbocycles. The van der Waals surface area contributed by atoms with Crippen LogP contribution in [-0.2, 0) is 14.3 Å². The molecule has 1 unspecified atom stereocenters. The van der Waals surface area contributed by atoms with Crippen molar-refractivity contribution < 1.29 is 14.3 Å². The first-order valence-corrected chi connectivity index (χ1v) is 6.12. The van der Waals surface area contributed by atoms with Crippen LogP contribution in [0, 0.1) is 0 Å². The van der Waals surface area contributed by atoms with Crippen LogP contribution in [0.25, 0.3) is 0 Å². The van der Waals surface area contributed by atoms with Crippen LogP contribution >= 0.6 is 0 Å². The van der Waals surface area contributed by atoms with Gasteiger partial charge in [0.15, 0.2) is 0 Å². The van der Waals surface area contributed by atoms with Gasteiger partial charge >= 0.3 is 5.97 Å². The lowest BCUT2D eigenvalue weighted by atomic mass is 9.98. The summed E-state index contributed by atoms with van der Waals surface area (Å²) in [4.78, 5) is 13.7. The van der Waals surface area contributed by atoms with Crippen LogP contribution in [0.2, 0.25) is 0 Å². The van der Waals surface area contributed by atoms with E-state index in [2.05, 4.69) is 11.9 Å². The second-order valence-corrected chi connectivity index (χ2v) is 4.98. The largest absolute Gasteiger partial charge is 0.468 e. The first kappa shape index (κ1) is 14.4. The topological polar surface area (TPSA) is 64.8 Å². The van der Waals surface area contributed by atoms with Gasteiger partial charge in [0.1, 0.15) is 5.54 Å². The van der Waals surface area contributed by atoms with E-state index in [9.17, 15) is 4.79 Å². The number of methoxy groups -OCH3 is 1. The fraction of sp³-hybridized carbons (Fsp3) is 0.917. The van der Waals surface area contributed by atoms with E-state index in [0.29, 0.717) is 12.5 Å². The lowest BCUT2D eigenvalue weighted by molar-refractivity contribution is -0.146. The Bertz CT molecular complexity index is 250. The number of hydrogen-bond donors (Lipinski definition) is 1. The summed E-state index contributed by atoms with van der Waals surface area (Å²) in [6.45, 7) is 4.17. The van der Waals surface area contributed by atoms with Crippen molar-refractivity contribution in [2.24, 2.45) is 5.73 Å². The van der Waals surface area contributed by atoms with Gasteiger partial charge in [0, 0.05) is 25.8 Å². The molecule has 1 atom stereocenters. The average molecular weight is 244 g/mol. The van der Waals surface area contributed by atoms with Gasteiger partial charge in [0.05, 0.1) is 7.11 Å². The highest BCUT2D eigenvalue weighted by Gasteiger charge is 2.30. The predicted molar refractivity (Wildman–Crippen MR) is 65.7 cm³/mol. The van der Waals surface area contributed by atoms with Gasteiger partial charge in [-0.05, 0) is 33.2 Å². The number of carbonyl (C=O) groups is 1. The average Bonchev–Trinajstić information content (AvgIpc) is 2.36. The third kappa shape index (κ3) is 4.26. The molecule has 0 amide bonds. The van der Waals surface area contributed by atoms with Crippen molar-refractivity contribution in [2.75, 3.05) is 33.9 Å². The van der Waals surface area contributed by atoms with Gasteiger partial charge < -0.3 is 20.1 Å². The predicted octanol–water partition coefficient (Wildman–Crippen LogP) is 0.378. The molecule has 0 aromatic carbocycles. The van der Waals surface area contributed by atoms with Crippen molar-refractivity contribution in [3.63, 3.8) is 0 Å². The van der Waals surface area contributed by atoms with Crippen molar-refractivity contribution in [3.05, 3.63) is 0 Å². The molecule has 1 rings (SSSR count). The molecule has 1 saturated heterocycles. The van der Waals surface area contributed by atoms with Crippen LogP contribution in [0.4, 0.5) is 0 Å². The Morgan fingerprint density at radius 1 is 1.53 bits per heavy atom. The monoisotopic (exact) mass is 244 g/mol. The summed E-state index contributed by atoms with van der Waals surface area (Å²) in [5.74, 6) is -0.349. The van der Waals surface area contributed by atoms with Crippen molar-refractivity contribution in [2.45, 2.75) is 37.8 Å². The Hall–Kier alpha value is -0.650. The Morgan fingerprint density at radius 3 is 2.65 bits per heavy atom. The summed E-state index contributed by atoms with van der Waals surface area (Å²) in [5.41, 5.74) is 5.03. The van der Waals surface area contributed by atoms with Gasteiger partial charge in [0.2, 0.25) is 0 Å². The van der Waals surface area contributed by atoms with Gasteiger partial charge in [-0.3, -0.25) is 4.79 Å². The normalized spacial score (nSPS) is 21.2. The van der Waals surface area contributed by atoms with E-state index >= 15 is 0 Å². The van der Waals surface area contributed by atoms with E-state index in [1.54, 1.807) is 6.92 Å². The Morgan fingerprint density at radius 2 is 2.12 bits per heavy atom. The van der Waals surface area contributed by atoms with Gasteiger partial charge in [-0.25, -0.2) is 0 Å². The van der Waals surface area contributed by atoms with Crippen molar-refractivity contribution >= 4 is 5.97 Å². The fourth-order valence-electron chi connectivity index (χ4n) is 2.05. The molecule has 2 N–H and O–H groups in total. The SMILES string of the molecule is COC(=O)C(C)(N)CCN(C)C1CCOCC1. The van der Waals surface area contributed by atoms with E-state index in [1.165, 1.54) is 7.11 Å². The minimum Gasteiger partial charge on any atom is -0.468 e. The molecule has 1 heterocycles. The molecule has 5 nitrogen and oxygen atoms in total. The number of hydrogen-bond acceptors (Lipinski definition) is 5. The van der Waals surface area contributed by atoms with E-state index in [0.717, 1.165) is 32.6 Å². The van der Waals surface area contributed by atoms with E-state index < -0.39 is 5.54 Å². The fourth-order valence-corrected chi connectivity index (χ4v) is 2.05. The van der Waals surface area contributed by atoms with Crippen LogP contribution in [0.3, 0.4) is 0 Å². The number of nitrogens with zero attached hydrogens (tertiary/aromatic N) is 1. The van der Waals surface area contributed by atoms with Crippen molar-refractivity contribution in [3.8, 4) is 0 Å². The third-order valence-electron chi connectivity index (χ3n) is 3.45. The lowest BCUT2D eigenvalue weighted by Crippen LogP contribution is -2.49. The first-order chi connectivity index (χ1) is 7.97. The van der Waals surface area contributed by atoms with Crippen LogP contribution < -0.4 is 5.73 Å². The molecule has 0 aromatic rings. The molecular formula is C12H24N2O3. The summed E-state index contributed by atoms with van der Waals surface area (Å²) < 4.78 is 10.0. The molecule has 0 aromatic heterocycles. The zero-order valence-electron chi connectivity index (χ0n) is 11.1. The quantitative estimate of drug-likeness (QED) is 0.708. The number of carbonyl (C=O) groups excluding carboxylic acids is 1. The summed E-state index contributed by atoms with van der Waals surface area (Å²) in [5, 5.41) is 0. The van der Waals surface area contributed by atoms with Gasteiger partial charge in [-0.1, -0.05) is 0 Å². The standard InChI is InChI=1S/C12H24N2O3/c1-12(13,11(15)16-3)6-7-14(2)10-4-8-17-9-5-10/h10H,4-9,13H2,1-3H3. The highest BCUT2D eigenvalue weighted by atomic mass is 16.5. The lowest BCUT2D eigenvalue weighted by Gasteiger charge is -2.33. The molecule has 0 bridgehead atoms. The Labute approximate surface area is 103 Å². The maximum atomic E-state index is 11.4. The Balaban J connectivity index is 2.36. The molecule has 0 radical (unpaired) electrons. The molecule has 100 valence electrons. The molecule has 5 heteroatoms. The van der Waals surface area contributed by atoms with Crippen LogP contribution in [-0.4, -0.2) is 56.4 Å². The molecule has 0 spiro atoms. The minimum absolute atomic E-state index is 0.349. The van der Waals surface area contributed by atoms with Gasteiger partial charge in [-0.15, -0.1) is 0 Å². The summed E-state index contributed by atoms with van der Waals surface area (Å²) in [6, 6.07) is 0.539. The van der Waals surface area contributed by atoms with Gasteiger partial charge in [0.25, 0.3) is 0 Å². The maximum Gasteiger partial charge on any atom is 0.325 e. The smallest absolute Gasteiger partial charge is 0.325 e. The molecule has 17 heavy (non-hydrogen) atoms. The minimum atomic E-state index is -0.895. The second kappa shape index (κ2) is 6.33. The second-order valence-electron chi connectivity index (χ2n) is 4.98. The highest BCUT2D eigenvalue weighted by Crippen LogP contribution is 2.15. The van der Waals surface area contributed by atoms with Crippen LogP contribution in [0.5, 0.6) is 0 Å². The highest BCUT2D eigenvalue weighted by molar-refractivity contribution is 5.79. The van der Waals surface area contributed by atoms with Crippen LogP contribution in [0.1, 0.15) is 26.2 Å². The number of nitrogens with two attached hydrogens (primary N) is 1. The van der Waals surface area contributed by atoms with Gasteiger partial charge in [-0.2, -0.15) is 0 Å². The van der Waals surface area contributed by atoms with E-state index in [-0.39, 0.29) is 5.97 Å². The summed E-state index contributed by atoms with van der Waals surface area (Å²) in [6.07, 6.45) is 2.71. The molecule has 1 aliphatic heterocycles. The zero-order chi connectivity index (χ0) is 12.9. The number of rotatable bonds is 5. The van der Waals surface area contributed by atoms with Crippen molar-refractivity contribution in [1.29, 1.82) is 0 Å². The third-order valence-corrected chi connectivity index (χ3v) is 3.45. The zero-order valence-corrected chi connectivity index (χ0v) is 11.1. The molecule has 0 aliphatic carbocycles. The molecular weight excluding hydrogens is 220 g/mol. The van der Waals surface area contributed by atoms with Crippen LogP contribution in [0.15, 0.2) is 0 Å². The van der Waals surface area contributed by atoms with E-state index in [1.807, 2.05) is 0 Å². The number of esters is 1.